The first-order valence-corrected chi connectivity index (χ1v) is 10.1. The van der Waals surface area contributed by atoms with Crippen molar-refractivity contribution < 1.29 is 9.59 Å². The highest BCUT2D eigenvalue weighted by Crippen LogP contribution is 2.22. The van der Waals surface area contributed by atoms with Crippen molar-refractivity contribution in [1.82, 2.24) is 9.80 Å². The lowest BCUT2D eigenvalue weighted by atomic mass is 9.94. The van der Waals surface area contributed by atoms with Crippen LogP contribution in [0.3, 0.4) is 0 Å². The lowest BCUT2D eigenvalue weighted by Crippen LogP contribution is -2.43. The van der Waals surface area contributed by atoms with Crippen LogP contribution in [-0.4, -0.2) is 41.8 Å². The molecule has 0 aromatic heterocycles. The fourth-order valence-corrected chi connectivity index (χ4v) is 3.72. The van der Waals surface area contributed by atoms with E-state index in [4.69, 9.17) is 5.26 Å². The number of piperidine rings is 1. The van der Waals surface area contributed by atoms with E-state index in [2.05, 4.69) is 22.0 Å². The van der Waals surface area contributed by atoms with Crippen molar-refractivity contribution in [2.45, 2.75) is 19.4 Å². The molecule has 0 N–H and O–H groups in total. The van der Waals surface area contributed by atoms with Crippen LogP contribution in [-0.2, 0) is 11.3 Å². The minimum Gasteiger partial charge on any atom is -0.341 e. The summed E-state index contributed by atoms with van der Waals surface area (Å²) >= 11 is 3.38. The van der Waals surface area contributed by atoms with E-state index in [1.54, 1.807) is 24.1 Å². The molecule has 5 nitrogen and oxygen atoms in total. The maximum Gasteiger partial charge on any atom is 0.253 e. The van der Waals surface area contributed by atoms with Gasteiger partial charge in [-0.2, -0.15) is 5.26 Å². The van der Waals surface area contributed by atoms with Gasteiger partial charge in [-0.3, -0.25) is 9.59 Å². The van der Waals surface area contributed by atoms with Crippen molar-refractivity contribution in [3.8, 4) is 6.07 Å². The topological polar surface area (TPSA) is 64.4 Å². The summed E-state index contributed by atoms with van der Waals surface area (Å²) in [5.74, 6) is 0.0711. The largest absolute Gasteiger partial charge is 0.341 e. The quantitative estimate of drug-likeness (QED) is 0.726. The van der Waals surface area contributed by atoms with Gasteiger partial charge in [0.05, 0.1) is 11.6 Å². The van der Waals surface area contributed by atoms with Crippen LogP contribution in [0, 0.1) is 17.2 Å². The number of rotatable bonds is 4. The van der Waals surface area contributed by atoms with Gasteiger partial charge in [-0.15, -0.1) is 0 Å². The first-order valence-electron chi connectivity index (χ1n) is 9.27. The van der Waals surface area contributed by atoms with Crippen LogP contribution in [0.2, 0.25) is 0 Å². The van der Waals surface area contributed by atoms with Gasteiger partial charge in [-0.1, -0.05) is 28.1 Å². The van der Waals surface area contributed by atoms with Crippen molar-refractivity contribution >= 4 is 27.7 Å². The molecule has 0 spiro atoms. The van der Waals surface area contributed by atoms with Crippen molar-refractivity contribution in [2.75, 3.05) is 20.1 Å². The molecule has 0 saturated carbocycles. The van der Waals surface area contributed by atoms with Crippen LogP contribution in [0.15, 0.2) is 53.0 Å². The molecule has 0 radical (unpaired) electrons. The van der Waals surface area contributed by atoms with E-state index in [0.717, 1.165) is 10.0 Å². The zero-order chi connectivity index (χ0) is 20.1. The molecule has 28 heavy (non-hydrogen) atoms. The number of nitrogens with zero attached hydrogens (tertiary/aromatic N) is 3. The van der Waals surface area contributed by atoms with Gasteiger partial charge in [0, 0.05) is 42.6 Å². The van der Waals surface area contributed by atoms with Gasteiger partial charge in [0.2, 0.25) is 5.91 Å². The zero-order valence-electron chi connectivity index (χ0n) is 15.8. The summed E-state index contributed by atoms with van der Waals surface area (Å²) < 4.78 is 0.943. The first-order chi connectivity index (χ1) is 13.5. The predicted molar refractivity (Wildman–Crippen MR) is 110 cm³/mol. The molecule has 0 unspecified atom stereocenters. The standard InChI is InChI=1S/C22H22BrN3O2/c1-25(15-17-4-2-16(14-24)3-5-17)21(27)19-10-12-26(13-11-19)22(28)18-6-8-20(23)9-7-18/h2-9,19H,10-13,15H2,1H3. The third kappa shape index (κ3) is 4.79. The number of nitriles is 1. The molecule has 144 valence electrons. The average Bonchev–Trinajstić information content (AvgIpc) is 2.74. The Balaban J connectivity index is 1.53. The lowest BCUT2D eigenvalue weighted by Gasteiger charge is -2.33. The molecule has 1 fully saturated rings. The van der Waals surface area contributed by atoms with Crippen molar-refractivity contribution in [1.29, 1.82) is 5.26 Å². The normalized spacial score (nSPS) is 14.4. The molecule has 0 aliphatic carbocycles. The lowest BCUT2D eigenvalue weighted by molar-refractivity contribution is -0.136. The molecule has 6 heteroatoms. The molecule has 1 saturated heterocycles. The number of hydrogen-bond donors (Lipinski definition) is 0. The Kier molecular flexibility index (Phi) is 6.48. The molecule has 1 aliphatic rings. The fourth-order valence-electron chi connectivity index (χ4n) is 3.45. The van der Waals surface area contributed by atoms with Crippen LogP contribution in [0.5, 0.6) is 0 Å². The minimum absolute atomic E-state index is 0.0179. The van der Waals surface area contributed by atoms with Gasteiger partial charge in [-0.25, -0.2) is 0 Å². The Morgan fingerprint density at radius 2 is 1.71 bits per heavy atom. The van der Waals surface area contributed by atoms with Crippen molar-refractivity contribution in [2.24, 2.45) is 5.92 Å². The van der Waals surface area contributed by atoms with E-state index in [1.165, 1.54) is 0 Å². The molecule has 0 bridgehead atoms. The first kappa shape index (κ1) is 20.1. The minimum atomic E-state index is -0.0580. The number of amides is 2. The Bertz CT molecular complexity index is 879. The van der Waals surface area contributed by atoms with Gasteiger partial charge in [-0.05, 0) is 54.8 Å². The Labute approximate surface area is 173 Å². The number of hydrogen-bond acceptors (Lipinski definition) is 3. The van der Waals surface area contributed by atoms with Gasteiger partial charge in [0.15, 0.2) is 0 Å². The van der Waals surface area contributed by atoms with E-state index in [-0.39, 0.29) is 17.7 Å². The summed E-state index contributed by atoms with van der Waals surface area (Å²) in [6, 6.07) is 16.7. The van der Waals surface area contributed by atoms with E-state index in [0.29, 0.717) is 43.6 Å². The zero-order valence-corrected chi connectivity index (χ0v) is 17.4. The molecule has 0 atom stereocenters. The van der Waals surface area contributed by atoms with Gasteiger partial charge < -0.3 is 9.80 Å². The number of halogens is 1. The summed E-state index contributed by atoms with van der Waals surface area (Å²) in [6.07, 6.45) is 1.36. The summed E-state index contributed by atoms with van der Waals surface area (Å²) in [5.41, 5.74) is 2.28. The van der Waals surface area contributed by atoms with Crippen molar-refractivity contribution in [3.63, 3.8) is 0 Å². The van der Waals surface area contributed by atoms with E-state index in [9.17, 15) is 9.59 Å². The fraction of sp³-hybridized carbons (Fsp3) is 0.318. The molecule has 3 rings (SSSR count). The van der Waals surface area contributed by atoms with Gasteiger partial charge >= 0.3 is 0 Å². The Morgan fingerprint density at radius 1 is 1.11 bits per heavy atom. The van der Waals surface area contributed by atoms with E-state index in [1.807, 2.05) is 41.3 Å². The predicted octanol–water partition coefficient (Wildman–Crippen LogP) is 3.83. The molecule has 1 heterocycles. The van der Waals surface area contributed by atoms with Gasteiger partial charge in [0.25, 0.3) is 5.91 Å². The average molecular weight is 440 g/mol. The summed E-state index contributed by atoms with van der Waals surface area (Å²) in [6.45, 7) is 1.70. The summed E-state index contributed by atoms with van der Waals surface area (Å²) in [5, 5.41) is 8.87. The highest BCUT2D eigenvalue weighted by Gasteiger charge is 2.29. The molecular formula is C22H22BrN3O2. The second-order valence-electron chi connectivity index (χ2n) is 7.08. The van der Waals surface area contributed by atoms with E-state index < -0.39 is 0 Å². The third-order valence-corrected chi connectivity index (χ3v) is 5.63. The van der Waals surface area contributed by atoms with Crippen molar-refractivity contribution in [3.05, 3.63) is 69.7 Å². The molecule has 2 amide bonds. The smallest absolute Gasteiger partial charge is 0.253 e. The van der Waals surface area contributed by atoms with Crippen LogP contribution in [0.1, 0.15) is 34.3 Å². The summed E-state index contributed by atoms with van der Waals surface area (Å²) in [4.78, 5) is 28.9. The van der Waals surface area contributed by atoms with Crippen LogP contribution in [0.4, 0.5) is 0 Å². The third-order valence-electron chi connectivity index (χ3n) is 5.10. The monoisotopic (exact) mass is 439 g/mol. The number of likely N-dealkylation sites (tertiary alicyclic amines) is 1. The highest BCUT2D eigenvalue weighted by atomic mass is 79.9. The Morgan fingerprint density at radius 3 is 2.29 bits per heavy atom. The second-order valence-corrected chi connectivity index (χ2v) is 7.99. The molecular weight excluding hydrogens is 418 g/mol. The number of carbonyl (C=O) groups excluding carboxylic acids is 2. The number of benzene rings is 2. The second kappa shape index (κ2) is 9.03. The Hall–Kier alpha value is -2.65. The van der Waals surface area contributed by atoms with Crippen LogP contribution >= 0.6 is 15.9 Å². The number of carbonyl (C=O) groups is 2. The SMILES string of the molecule is CN(Cc1ccc(C#N)cc1)C(=O)C1CCN(C(=O)c2ccc(Br)cc2)CC1. The van der Waals surface area contributed by atoms with Crippen LogP contribution in [0.25, 0.3) is 0 Å². The summed E-state index contributed by atoms with van der Waals surface area (Å²) in [7, 11) is 1.81. The molecule has 1 aliphatic heterocycles. The van der Waals surface area contributed by atoms with E-state index >= 15 is 0 Å². The van der Waals surface area contributed by atoms with Crippen LogP contribution < -0.4 is 0 Å². The van der Waals surface area contributed by atoms with Gasteiger partial charge in [0.1, 0.15) is 0 Å². The molecule has 2 aromatic rings. The maximum absolute atomic E-state index is 12.8. The highest BCUT2D eigenvalue weighted by molar-refractivity contribution is 9.10. The molecule has 2 aromatic carbocycles. The maximum atomic E-state index is 12.8.